The number of para-hydroxylation sites is 1. The molecule has 0 aliphatic carbocycles. The summed E-state index contributed by atoms with van der Waals surface area (Å²) in [6, 6.07) is 15.5. The van der Waals surface area contributed by atoms with E-state index in [-0.39, 0.29) is 12.0 Å². The van der Waals surface area contributed by atoms with Gasteiger partial charge >= 0.3 is 0 Å². The van der Waals surface area contributed by atoms with Crippen LogP contribution in [0.4, 0.5) is 0 Å². The minimum atomic E-state index is -0.169. The van der Waals surface area contributed by atoms with Crippen LogP contribution in [0.5, 0.6) is 5.75 Å². The summed E-state index contributed by atoms with van der Waals surface area (Å²) in [4.78, 5) is 17.1. The molecule has 1 aliphatic heterocycles. The highest BCUT2D eigenvalue weighted by Gasteiger charge is 2.22. The zero-order chi connectivity index (χ0) is 19.5. The molecule has 0 unspecified atom stereocenters. The van der Waals surface area contributed by atoms with Crippen molar-refractivity contribution in [1.82, 2.24) is 14.9 Å². The molecule has 0 bridgehead atoms. The Labute approximate surface area is 164 Å². The van der Waals surface area contributed by atoms with Gasteiger partial charge in [-0.1, -0.05) is 42.0 Å². The van der Waals surface area contributed by atoms with E-state index in [2.05, 4.69) is 52.3 Å². The number of rotatable bonds is 5. The van der Waals surface area contributed by atoms with E-state index in [1.165, 1.54) is 5.56 Å². The second-order valence-corrected chi connectivity index (χ2v) is 6.90. The van der Waals surface area contributed by atoms with Crippen molar-refractivity contribution in [2.75, 3.05) is 13.7 Å². The molecule has 0 radical (unpaired) electrons. The molecule has 28 heavy (non-hydrogen) atoms. The van der Waals surface area contributed by atoms with Crippen LogP contribution in [-0.2, 0) is 17.9 Å². The Hall–Kier alpha value is -3.12. The Morgan fingerprint density at radius 2 is 2.04 bits per heavy atom. The summed E-state index contributed by atoms with van der Waals surface area (Å²) >= 11 is 0. The Morgan fingerprint density at radius 1 is 1.25 bits per heavy atom. The summed E-state index contributed by atoms with van der Waals surface area (Å²) in [5.74, 6) is 1.30. The summed E-state index contributed by atoms with van der Waals surface area (Å²) in [5.41, 5.74) is 3.78. The average molecular weight is 377 g/mol. The first-order valence-corrected chi connectivity index (χ1v) is 9.30. The first-order valence-electron chi connectivity index (χ1n) is 9.30. The second-order valence-electron chi connectivity index (χ2n) is 6.90. The fourth-order valence-electron chi connectivity index (χ4n) is 3.31. The number of benzene rings is 2. The van der Waals surface area contributed by atoms with Crippen molar-refractivity contribution >= 4 is 5.91 Å². The predicted octanol–water partition coefficient (Wildman–Crippen LogP) is 3.20. The van der Waals surface area contributed by atoms with Gasteiger partial charge in [0, 0.05) is 18.3 Å². The van der Waals surface area contributed by atoms with Gasteiger partial charge in [0.25, 0.3) is 5.91 Å². The van der Waals surface area contributed by atoms with Crippen molar-refractivity contribution in [2.24, 2.45) is 0 Å². The van der Waals surface area contributed by atoms with Gasteiger partial charge in [-0.05, 0) is 19.1 Å². The number of fused-ring (bicyclic) bond motifs is 1. The van der Waals surface area contributed by atoms with Gasteiger partial charge in [0.05, 0.1) is 31.0 Å². The maximum absolute atomic E-state index is 12.5. The zero-order valence-electron chi connectivity index (χ0n) is 16.0. The highest BCUT2D eigenvalue weighted by molar-refractivity contribution is 5.96. The fourth-order valence-corrected chi connectivity index (χ4v) is 3.31. The quantitative estimate of drug-likeness (QED) is 0.742. The van der Waals surface area contributed by atoms with Crippen LogP contribution in [0.1, 0.15) is 21.7 Å². The van der Waals surface area contributed by atoms with Crippen LogP contribution in [-0.4, -0.2) is 35.2 Å². The van der Waals surface area contributed by atoms with Crippen molar-refractivity contribution in [3.05, 3.63) is 71.7 Å². The molecule has 1 N–H and O–H groups in total. The van der Waals surface area contributed by atoms with Crippen LogP contribution in [0.15, 0.2) is 54.7 Å². The van der Waals surface area contributed by atoms with Crippen molar-refractivity contribution in [1.29, 1.82) is 0 Å². The third-order valence-electron chi connectivity index (χ3n) is 4.90. The maximum atomic E-state index is 12.5. The number of aromatic nitrogens is 2. The lowest BCUT2D eigenvalue weighted by Gasteiger charge is -2.24. The monoisotopic (exact) mass is 377 g/mol. The third kappa shape index (κ3) is 3.77. The Kier molecular flexibility index (Phi) is 5.12. The third-order valence-corrected chi connectivity index (χ3v) is 4.90. The Balaban J connectivity index is 1.40. The van der Waals surface area contributed by atoms with Crippen LogP contribution >= 0.6 is 0 Å². The number of aryl methyl sites for hydroxylation is 1. The molecule has 6 nitrogen and oxygen atoms in total. The highest BCUT2D eigenvalue weighted by atomic mass is 16.5. The van der Waals surface area contributed by atoms with E-state index < -0.39 is 0 Å². The number of imidazole rings is 1. The standard InChI is InChI=1S/C22H23N3O3/c1-15-7-9-16(10-8-15)19-13-25-12-17(28-14-21(25)24-19)11-23-22(26)18-5-3-4-6-20(18)27-2/h3-10,13,17H,11-12,14H2,1-2H3,(H,23,26)/t17-/m0/s1. The lowest BCUT2D eigenvalue weighted by molar-refractivity contribution is 0.00326. The van der Waals surface area contributed by atoms with Gasteiger partial charge in [0.1, 0.15) is 18.2 Å². The SMILES string of the molecule is COc1ccccc1C(=O)NC[C@H]1Cn2cc(-c3ccc(C)cc3)nc2CO1. The molecular weight excluding hydrogens is 354 g/mol. The normalized spacial score (nSPS) is 15.7. The number of nitrogens with zero attached hydrogens (tertiary/aromatic N) is 2. The van der Waals surface area contributed by atoms with Gasteiger partial charge in [-0.25, -0.2) is 4.98 Å². The number of methoxy groups -OCH3 is 1. The molecule has 1 aliphatic rings. The molecule has 1 aromatic heterocycles. The highest BCUT2D eigenvalue weighted by Crippen LogP contribution is 2.23. The molecule has 0 saturated heterocycles. The topological polar surface area (TPSA) is 65.4 Å². The van der Waals surface area contributed by atoms with Gasteiger partial charge in [-0.2, -0.15) is 0 Å². The molecule has 4 rings (SSSR count). The van der Waals surface area contributed by atoms with Crippen molar-refractivity contribution in [3.63, 3.8) is 0 Å². The van der Waals surface area contributed by atoms with Gasteiger partial charge < -0.3 is 19.4 Å². The minimum Gasteiger partial charge on any atom is -0.496 e. The van der Waals surface area contributed by atoms with E-state index in [1.807, 2.05) is 12.1 Å². The summed E-state index contributed by atoms with van der Waals surface area (Å²) < 4.78 is 13.2. The molecule has 1 amide bonds. The van der Waals surface area contributed by atoms with Crippen molar-refractivity contribution < 1.29 is 14.3 Å². The molecular formula is C22H23N3O3. The summed E-state index contributed by atoms with van der Waals surface area (Å²) in [5, 5.41) is 2.94. The van der Waals surface area contributed by atoms with E-state index in [1.54, 1.807) is 19.2 Å². The number of ether oxygens (including phenoxy) is 2. The number of carbonyl (C=O) groups excluding carboxylic acids is 1. The zero-order valence-corrected chi connectivity index (χ0v) is 16.0. The first-order chi connectivity index (χ1) is 13.6. The van der Waals surface area contributed by atoms with Crippen molar-refractivity contribution in [3.8, 4) is 17.0 Å². The van der Waals surface area contributed by atoms with E-state index in [0.29, 0.717) is 31.0 Å². The van der Waals surface area contributed by atoms with E-state index in [0.717, 1.165) is 17.1 Å². The molecule has 1 atom stereocenters. The van der Waals surface area contributed by atoms with Crippen LogP contribution in [0.3, 0.4) is 0 Å². The molecule has 2 aromatic carbocycles. The summed E-state index contributed by atoms with van der Waals surface area (Å²) in [6.45, 7) is 3.58. The van der Waals surface area contributed by atoms with Crippen LogP contribution in [0.25, 0.3) is 11.3 Å². The lowest BCUT2D eigenvalue weighted by Crippen LogP contribution is -2.38. The molecule has 2 heterocycles. The van der Waals surface area contributed by atoms with E-state index >= 15 is 0 Å². The lowest BCUT2D eigenvalue weighted by atomic mass is 10.1. The first kappa shape index (κ1) is 18.3. The van der Waals surface area contributed by atoms with Gasteiger partial charge in [-0.3, -0.25) is 4.79 Å². The second kappa shape index (κ2) is 7.86. The van der Waals surface area contributed by atoms with Crippen LogP contribution < -0.4 is 10.1 Å². The fraction of sp³-hybridized carbons (Fsp3) is 0.273. The average Bonchev–Trinajstić information content (AvgIpc) is 3.15. The van der Waals surface area contributed by atoms with E-state index in [4.69, 9.17) is 9.47 Å². The number of hydrogen-bond donors (Lipinski definition) is 1. The van der Waals surface area contributed by atoms with Gasteiger partial charge in [0.15, 0.2) is 0 Å². The molecule has 0 spiro atoms. The number of nitrogens with one attached hydrogen (secondary N) is 1. The van der Waals surface area contributed by atoms with E-state index in [9.17, 15) is 4.79 Å². The number of carbonyl (C=O) groups is 1. The largest absolute Gasteiger partial charge is 0.496 e. The number of hydrogen-bond acceptors (Lipinski definition) is 4. The molecule has 6 heteroatoms. The minimum absolute atomic E-state index is 0.105. The Bertz CT molecular complexity index is 979. The van der Waals surface area contributed by atoms with Crippen LogP contribution in [0.2, 0.25) is 0 Å². The predicted molar refractivity (Wildman–Crippen MR) is 106 cm³/mol. The Morgan fingerprint density at radius 3 is 2.82 bits per heavy atom. The van der Waals surface area contributed by atoms with Gasteiger partial charge in [0.2, 0.25) is 0 Å². The van der Waals surface area contributed by atoms with Crippen LogP contribution in [0, 0.1) is 6.92 Å². The van der Waals surface area contributed by atoms with Crippen molar-refractivity contribution in [2.45, 2.75) is 26.2 Å². The molecule has 144 valence electrons. The molecule has 3 aromatic rings. The summed E-state index contributed by atoms with van der Waals surface area (Å²) in [6.07, 6.45) is 1.95. The smallest absolute Gasteiger partial charge is 0.255 e. The molecule has 0 saturated carbocycles. The number of amides is 1. The maximum Gasteiger partial charge on any atom is 0.255 e. The molecule has 0 fully saturated rings. The van der Waals surface area contributed by atoms with Gasteiger partial charge in [-0.15, -0.1) is 0 Å². The summed E-state index contributed by atoms with van der Waals surface area (Å²) in [7, 11) is 1.56.